The Labute approximate surface area is 190 Å². The lowest BCUT2D eigenvalue weighted by molar-refractivity contribution is -0.134. The van der Waals surface area contributed by atoms with Crippen molar-refractivity contribution in [1.82, 2.24) is 14.8 Å². The first-order valence-corrected chi connectivity index (χ1v) is 12.4. The van der Waals surface area contributed by atoms with Gasteiger partial charge in [0, 0.05) is 57.0 Å². The topological polar surface area (TPSA) is 109 Å². The SMILES string of the molecule is Cl.O=C(NO)C1(S(=O)(=O)N2CCC(c3ccc(CCC4CC4)cn3)CC2)CCOCC1. The predicted octanol–water partition coefficient (Wildman–Crippen LogP) is 2.41. The van der Waals surface area contributed by atoms with Crippen LogP contribution in [0.3, 0.4) is 0 Å². The van der Waals surface area contributed by atoms with Gasteiger partial charge < -0.3 is 4.74 Å². The largest absolute Gasteiger partial charge is 0.381 e. The highest BCUT2D eigenvalue weighted by Gasteiger charge is 2.54. The van der Waals surface area contributed by atoms with E-state index in [0.717, 1.165) is 18.0 Å². The number of carbonyl (C=O) groups is 1. The third-order valence-electron chi connectivity index (χ3n) is 6.91. The van der Waals surface area contributed by atoms with Crippen LogP contribution in [-0.2, 0) is 26.0 Å². The van der Waals surface area contributed by atoms with E-state index in [9.17, 15) is 13.2 Å². The fourth-order valence-electron chi connectivity index (χ4n) is 4.65. The van der Waals surface area contributed by atoms with Crippen LogP contribution in [0.5, 0.6) is 0 Å². The Morgan fingerprint density at radius 3 is 2.42 bits per heavy atom. The van der Waals surface area contributed by atoms with Gasteiger partial charge in [0.25, 0.3) is 5.91 Å². The van der Waals surface area contributed by atoms with Crippen molar-refractivity contribution >= 4 is 28.3 Å². The van der Waals surface area contributed by atoms with Gasteiger partial charge in [-0.1, -0.05) is 18.9 Å². The highest BCUT2D eigenvalue weighted by molar-refractivity contribution is 7.91. The molecule has 3 heterocycles. The molecule has 31 heavy (non-hydrogen) atoms. The third kappa shape index (κ3) is 5.06. The van der Waals surface area contributed by atoms with Gasteiger partial charge in [0.2, 0.25) is 10.0 Å². The molecule has 0 radical (unpaired) electrons. The van der Waals surface area contributed by atoms with Crippen LogP contribution in [0.4, 0.5) is 0 Å². The van der Waals surface area contributed by atoms with Crippen molar-refractivity contribution in [2.75, 3.05) is 26.3 Å². The molecular weight excluding hydrogens is 442 g/mol. The molecule has 174 valence electrons. The maximum absolute atomic E-state index is 13.4. The number of aromatic nitrogens is 1. The molecule has 3 aliphatic rings. The molecule has 3 fully saturated rings. The quantitative estimate of drug-likeness (QED) is 0.465. The molecule has 1 aliphatic carbocycles. The van der Waals surface area contributed by atoms with E-state index in [4.69, 9.17) is 9.94 Å². The number of aryl methyl sites for hydroxylation is 1. The molecule has 8 nitrogen and oxygen atoms in total. The number of pyridine rings is 1. The minimum Gasteiger partial charge on any atom is -0.381 e. The summed E-state index contributed by atoms with van der Waals surface area (Å²) in [7, 11) is -3.92. The van der Waals surface area contributed by atoms with Gasteiger partial charge in [0.15, 0.2) is 4.75 Å². The van der Waals surface area contributed by atoms with Crippen LogP contribution in [0.1, 0.15) is 62.1 Å². The van der Waals surface area contributed by atoms with Crippen LogP contribution < -0.4 is 5.48 Å². The third-order valence-corrected chi connectivity index (χ3v) is 9.53. The van der Waals surface area contributed by atoms with Gasteiger partial charge in [0.1, 0.15) is 0 Å². The van der Waals surface area contributed by atoms with Gasteiger partial charge in [-0.15, -0.1) is 12.4 Å². The van der Waals surface area contributed by atoms with Crippen LogP contribution in [0.25, 0.3) is 0 Å². The highest BCUT2D eigenvalue weighted by Crippen LogP contribution is 2.37. The van der Waals surface area contributed by atoms with Gasteiger partial charge in [0.05, 0.1) is 0 Å². The highest BCUT2D eigenvalue weighted by atomic mass is 35.5. The second kappa shape index (κ2) is 10.1. The molecule has 0 bridgehead atoms. The molecule has 0 aromatic carbocycles. The van der Waals surface area contributed by atoms with Crippen molar-refractivity contribution in [2.24, 2.45) is 5.92 Å². The number of nitrogens with one attached hydrogen (secondary N) is 1. The number of sulfonamides is 1. The molecule has 1 saturated carbocycles. The summed E-state index contributed by atoms with van der Waals surface area (Å²) in [6.07, 6.45) is 8.43. The summed E-state index contributed by atoms with van der Waals surface area (Å²) in [4.78, 5) is 17.0. The Morgan fingerprint density at radius 1 is 1.19 bits per heavy atom. The van der Waals surface area contributed by atoms with Gasteiger partial charge >= 0.3 is 0 Å². The second-order valence-corrected chi connectivity index (χ2v) is 11.0. The molecule has 1 aromatic heterocycles. The minimum atomic E-state index is -3.92. The van der Waals surface area contributed by atoms with E-state index < -0.39 is 20.7 Å². The molecule has 4 rings (SSSR count). The Bertz CT molecular complexity index is 846. The van der Waals surface area contributed by atoms with E-state index in [1.807, 2.05) is 6.20 Å². The van der Waals surface area contributed by atoms with Crippen molar-refractivity contribution < 1.29 is 23.2 Å². The number of hydrogen-bond acceptors (Lipinski definition) is 6. The summed E-state index contributed by atoms with van der Waals surface area (Å²) >= 11 is 0. The molecule has 2 aliphatic heterocycles. The summed E-state index contributed by atoms with van der Waals surface area (Å²) in [6.45, 7) is 1.05. The Balaban J connectivity index is 0.00000272. The first-order valence-electron chi connectivity index (χ1n) is 10.9. The molecule has 10 heteroatoms. The number of halogens is 1. The van der Waals surface area contributed by atoms with Crippen molar-refractivity contribution in [1.29, 1.82) is 0 Å². The average Bonchev–Trinajstić information content (AvgIpc) is 3.62. The Morgan fingerprint density at radius 2 is 1.87 bits per heavy atom. The van der Waals surface area contributed by atoms with Gasteiger partial charge in [-0.25, -0.2) is 18.2 Å². The standard InChI is InChI=1S/C21H31N3O5S.ClH/c25-20(23-26)21(9-13-29-14-10-21)30(27,28)24-11-7-18(8-12-24)19-6-5-17(15-22-19)4-3-16-1-2-16;/h5-6,15-16,18,26H,1-4,7-14H2,(H,23,25);1H. The fourth-order valence-corrected chi connectivity index (χ4v) is 6.80. The Hall–Kier alpha value is -1.26. The average molecular weight is 474 g/mol. The number of nitrogens with zero attached hydrogens (tertiary/aromatic N) is 2. The first kappa shape index (κ1) is 24.4. The number of ether oxygens (including phenoxy) is 1. The van der Waals surface area contributed by atoms with E-state index in [1.54, 1.807) is 5.48 Å². The number of amides is 1. The molecular formula is C21H32ClN3O5S. The Kier molecular flexibility index (Phi) is 7.96. The fraction of sp³-hybridized carbons (Fsp3) is 0.714. The summed E-state index contributed by atoms with van der Waals surface area (Å²) in [5, 5.41) is 9.17. The predicted molar refractivity (Wildman–Crippen MR) is 118 cm³/mol. The summed E-state index contributed by atoms with van der Waals surface area (Å²) in [6, 6.07) is 4.23. The smallest absolute Gasteiger partial charge is 0.266 e. The van der Waals surface area contributed by atoms with E-state index >= 15 is 0 Å². The van der Waals surface area contributed by atoms with Crippen molar-refractivity contribution in [2.45, 2.75) is 62.0 Å². The minimum absolute atomic E-state index is 0. The van der Waals surface area contributed by atoms with Gasteiger partial charge in [-0.3, -0.25) is 15.0 Å². The van der Waals surface area contributed by atoms with E-state index in [1.165, 1.54) is 29.1 Å². The number of hydrogen-bond donors (Lipinski definition) is 2. The lowest BCUT2D eigenvalue weighted by atomic mass is 9.93. The maximum atomic E-state index is 13.4. The molecule has 0 spiro atoms. The first-order chi connectivity index (χ1) is 14.5. The van der Waals surface area contributed by atoms with Crippen LogP contribution in [0.15, 0.2) is 18.3 Å². The molecule has 1 aromatic rings. The molecule has 0 atom stereocenters. The number of hydroxylamine groups is 1. The van der Waals surface area contributed by atoms with Crippen LogP contribution >= 0.6 is 12.4 Å². The van der Waals surface area contributed by atoms with Crippen LogP contribution in [0, 0.1) is 5.92 Å². The van der Waals surface area contributed by atoms with Gasteiger partial charge in [-0.05, 0) is 43.2 Å². The summed E-state index contributed by atoms with van der Waals surface area (Å²) in [5.74, 6) is 0.255. The van der Waals surface area contributed by atoms with E-state index in [-0.39, 0.29) is 44.4 Å². The van der Waals surface area contributed by atoms with Crippen molar-refractivity contribution in [3.8, 4) is 0 Å². The maximum Gasteiger partial charge on any atom is 0.266 e. The number of carbonyl (C=O) groups excluding carboxylic acids is 1. The zero-order chi connectivity index (χ0) is 21.2. The molecule has 0 unspecified atom stereocenters. The molecule has 1 amide bonds. The zero-order valence-electron chi connectivity index (χ0n) is 17.7. The van der Waals surface area contributed by atoms with Gasteiger partial charge in [-0.2, -0.15) is 0 Å². The lowest BCUT2D eigenvalue weighted by Gasteiger charge is -2.40. The number of piperidine rings is 1. The monoisotopic (exact) mass is 473 g/mol. The van der Waals surface area contributed by atoms with E-state index in [0.29, 0.717) is 25.9 Å². The van der Waals surface area contributed by atoms with Crippen LogP contribution in [-0.4, -0.2) is 59.9 Å². The summed E-state index contributed by atoms with van der Waals surface area (Å²) in [5.41, 5.74) is 3.85. The van der Waals surface area contributed by atoms with Crippen LogP contribution in [0.2, 0.25) is 0 Å². The molecule has 2 saturated heterocycles. The second-order valence-electron chi connectivity index (χ2n) is 8.80. The van der Waals surface area contributed by atoms with Crippen molar-refractivity contribution in [3.05, 3.63) is 29.6 Å². The lowest BCUT2D eigenvalue weighted by Crippen LogP contribution is -2.60. The van der Waals surface area contributed by atoms with E-state index in [2.05, 4.69) is 17.1 Å². The normalized spacial score (nSPS) is 22.5. The molecule has 2 N–H and O–H groups in total. The summed E-state index contributed by atoms with van der Waals surface area (Å²) < 4.78 is 31.8. The van der Waals surface area contributed by atoms with Crippen molar-refractivity contribution in [3.63, 3.8) is 0 Å². The number of rotatable bonds is 7. The zero-order valence-corrected chi connectivity index (χ0v) is 19.3.